The van der Waals surface area contributed by atoms with E-state index in [1.54, 1.807) is 24.5 Å². The van der Waals surface area contributed by atoms with E-state index in [-0.39, 0.29) is 18.3 Å². The summed E-state index contributed by atoms with van der Waals surface area (Å²) in [5, 5.41) is 2.89. The highest BCUT2D eigenvalue weighted by Gasteiger charge is 2.12. The molecule has 0 radical (unpaired) electrons. The van der Waals surface area contributed by atoms with Crippen molar-refractivity contribution >= 4 is 29.7 Å². The summed E-state index contributed by atoms with van der Waals surface area (Å²) in [5.74, 6) is -0.110. The van der Waals surface area contributed by atoms with Gasteiger partial charge in [-0.3, -0.25) is 9.78 Å². The molecule has 110 valence electrons. The number of pyridine rings is 1. The fourth-order valence-corrected chi connectivity index (χ4v) is 2.44. The Morgan fingerprint density at radius 3 is 2.24 bits per heavy atom. The fraction of sp³-hybridized carbons (Fsp3) is 0.250. The molecule has 3 rings (SSSR count). The van der Waals surface area contributed by atoms with Gasteiger partial charge in [-0.2, -0.15) is 0 Å². The molecule has 2 aromatic rings. The number of anilines is 2. The molecule has 1 saturated heterocycles. The molecule has 1 aromatic carbocycles. The van der Waals surface area contributed by atoms with Crippen molar-refractivity contribution in [3.05, 3.63) is 54.4 Å². The second-order valence-corrected chi connectivity index (χ2v) is 4.93. The van der Waals surface area contributed by atoms with Gasteiger partial charge in [0, 0.05) is 42.4 Å². The summed E-state index contributed by atoms with van der Waals surface area (Å²) in [6, 6.07) is 11.4. The average Bonchev–Trinajstić information content (AvgIpc) is 3.03. The minimum absolute atomic E-state index is 0. The Hall–Kier alpha value is -2.07. The molecule has 2 heterocycles. The SMILES string of the molecule is Cl.O=C(Nc1ccc(N2CCCC2)cc1)c1ccncc1. The number of carbonyl (C=O) groups is 1. The van der Waals surface area contributed by atoms with Crippen molar-refractivity contribution in [1.82, 2.24) is 4.98 Å². The topological polar surface area (TPSA) is 45.2 Å². The Morgan fingerprint density at radius 2 is 1.62 bits per heavy atom. The fourth-order valence-electron chi connectivity index (χ4n) is 2.44. The summed E-state index contributed by atoms with van der Waals surface area (Å²) in [7, 11) is 0. The Bertz CT molecular complexity index is 580. The average molecular weight is 304 g/mol. The number of amides is 1. The third-order valence-corrected chi connectivity index (χ3v) is 3.54. The lowest BCUT2D eigenvalue weighted by Crippen LogP contribution is -2.17. The van der Waals surface area contributed by atoms with E-state index in [0.29, 0.717) is 5.56 Å². The standard InChI is InChI=1S/C16H17N3O.ClH/c20-16(13-7-9-17-10-8-13)18-14-3-5-15(6-4-14)19-11-1-2-12-19;/h3-10H,1-2,11-12H2,(H,18,20);1H. The van der Waals surface area contributed by atoms with Gasteiger partial charge in [0.2, 0.25) is 0 Å². The molecule has 1 fully saturated rings. The van der Waals surface area contributed by atoms with Gasteiger partial charge in [-0.25, -0.2) is 0 Å². The zero-order chi connectivity index (χ0) is 13.8. The minimum Gasteiger partial charge on any atom is -0.372 e. The normalized spacial score (nSPS) is 13.6. The molecule has 0 atom stereocenters. The summed E-state index contributed by atoms with van der Waals surface area (Å²) in [6.45, 7) is 2.26. The van der Waals surface area contributed by atoms with Gasteiger partial charge in [0.15, 0.2) is 0 Å². The molecule has 1 aromatic heterocycles. The Morgan fingerprint density at radius 1 is 1.00 bits per heavy atom. The van der Waals surface area contributed by atoms with Crippen LogP contribution < -0.4 is 10.2 Å². The lowest BCUT2D eigenvalue weighted by atomic mass is 10.2. The number of hydrogen-bond donors (Lipinski definition) is 1. The van der Waals surface area contributed by atoms with E-state index in [0.717, 1.165) is 18.8 Å². The second-order valence-electron chi connectivity index (χ2n) is 4.93. The van der Waals surface area contributed by atoms with Crippen molar-refractivity contribution < 1.29 is 4.79 Å². The molecule has 4 nitrogen and oxygen atoms in total. The molecule has 1 aliphatic rings. The lowest BCUT2D eigenvalue weighted by Gasteiger charge is -2.17. The summed E-state index contributed by atoms with van der Waals surface area (Å²) in [4.78, 5) is 18.3. The van der Waals surface area contributed by atoms with Crippen LogP contribution in [0.4, 0.5) is 11.4 Å². The lowest BCUT2D eigenvalue weighted by molar-refractivity contribution is 0.102. The first-order valence-corrected chi connectivity index (χ1v) is 6.89. The van der Waals surface area contributed by atoms with Crippen LogP contribution in [-0.4, -0.2) is 24.0 Å². The molecule has 1 N–H and O–H groups in total. The molecule has 0 spiro atoms. The van der Waals surface area contributed by atoms with Crippen LogP contribution in [-0.2, 0) is 0 Å². The van der Waals surface area contributed by atoms with Gasteiger partial charge in [0.25, 0.3) is 5.91 Å². The van der Waals surface area contributed by atoms with Gasteiger partial charge in [-0.1, -0.05) is 0 Å². The van der Waals surface area contributed by atoms with E-state index < -0.39 is 0 Å². The van der Waals surface area contributed by atoms with Gasteiger partial charge in [0.05, 0.1) is 0 Å². The zero-order valence-electron chi connectivity index (χ0n) is 11.7. The maximum atomic E-state index is 12.0. The highest BCUT2D eigenvalue weighted by molar-refractivity contribution is 6.04. The highest BCUT2D eigenvalue weighted by Crippen LogP contribution is 2.22. The summed E-state index contributed by atoms with van der Waals surface area (Å²) in [5.41, 5.74) is 2.66. The van der Waals surface area contributed by atoms with Gasteiger partial charge >= 0.3 is 0 Å². The van der Waals surface area contributed by atoms with Crippen LogP contribution in [0.2, 0.25) is 0 Å². The number of hydrogen-bond acceptors (Lipinski definition) is 3. The molecular formula is C16H18ClN3O. The van der Waals surface area contributed by atoms with E-state index >= 15 is 0 Å². The van der Waals surface area contributed by atoms with Crippen molar-refractivity contribution in [2.75, 3.05) is 23.3 Å². The van der Waals surface area contributed by atoms with E-state index in [9.17, 15) is 4.79 Å². The van der Waals surface area contributed by atoms with Crippen LogP contribution >= 0.6 is 12.4 Å². The molecule has 0 aliphatic carbocycles. The third-order valence-electron chi connectivity index (χ3n) is 3.54. The minimum atomic E-state index is -0.110. The molecule has 0 saturated carbocycles. The summed E-state index contributed by atoms with van der Waals surface area (Å²) < 4.78 is 0. The number of carbonyl (C=O) groups excluding carboxylic acids is 1. The highest BCUT2D eigenvalue weighted by atomic mass is 35.5. The van der Waals surface area contributed by atoms with Gasteiger partial charge < -0.3 is 10.2 Å². The largest absolute Gasteiger partial charge is 0.372 e. The van der Waals surface area contributed by atoms with Crippen molar-refractivity contribution in [3.8, 4) is 0 Å². The van der Waals surface area contributed by atoms with Crippen LogP contribution in [0.15, 0.2) is 48.8 Å². The maximum absolute atomic E-state index is 12.0. The van der Waals surface area contributed by atoms with Crippen molar-refractivity contribution in [2.45, 2.75) is 12.8 Å². The van der Waals surface area contributed by atoms with E-state index in [1.807, 2.05) is 12.1 Å². The zero-order valence-corrected chi connectivity index (χ0v) is 12.5. The van der Waals surface area contributed by atoms with Gasteiger partial charge in [-0.15, -0.1) is 12.4 Å². The predicted molar refractivity (Wildman–Crippen MR) is 87.3 cm³/mol. The van der Waals surface area contributed by atoms with E-state index in [2.05, 4.69) is 27.3 Å². The van der Waals surface area contributed by atoms with Crippen LogP contribution in [0.1, 0.15) is 23.2 Å². The number of aromatic nitrogens is 1. The van der Waals surface area contributed by atoms with Gasteiger partial charge in [-0.05, 0) is 49.2 Å². The third kappa shape index (κ3) is 3.73. The van der Waals surface area contributed by atoms with Crippen molar-refractivity contribution in [3.63, 3.8) is 0 Å². The molecule has 5 heteroatoms. The number of benzene rings is 1. The van der Waals surface area contributed by atoms with Crippen LogP contribution in [0.3, 0.4) is 0 Å². The Balaban J connectivity index is 0.00000161. The molecular weight excluding hydrogens is 286 g/mol. The van der Waals surface area contributed by atoms with E-state index in [4.69, 9.17) is 0 Å². The van der Waals surface area contributed by atoms with Crippen LogP contribution in [0, 0.1) is 0 Å². The Labute approximate surface area is 130 Å². The van der Waals surface area contributed by atoms with Gasteiger partial charge in [0.1, 0.15) is 0 Å². The summed E-state index contributed by atoms with van der Waals surface area (Å²) >= 11 is 0. The van der Waals surface area contributed by atoms with Crippen LogP contribution in [0.5, 0.6) is 0 Å². The number of rotatable bonds is 3. The Kier molecular flexibility index (Phi) is 5.17. The first-order chi connectivity index (χ1) is 9.83. The summed E-state index contributed by atoms with van der Waals surface area (Å²) in [6.07, 6.45) is 5.76. The van der Waals surface area contributed by atoms with Crippen molar-refractivity contribution in [1.29, 1.82) is 0 Å². The second kappa shape index (κ2) is 7.09. The smallest absolute Gasteiger partial charge is 0.255 e. The van der Waals surface area contributed by atoms with Crippen molar-refractivity contribution in [2.24, 2.45) is 0 Å². The maximum Gasteiger partial charge on any atom is 0.255 e. The quantitative estimate of drug-likeness (QED) is 0.945. The first kappa shape index (κ1) is 15.3. The van der Waals surface area contributed by atoms with E-state index in [1.165, 1.54) is 18.5 Å². The molecule has 0 bridgehead atoms. The predicted octanol–water partition coefficient (Wildman–Crippen LogP) is 3.36. The monoisotopic (exact) mass is 303 g/mol. The van der Waals surface area contributed by atoms with Crippen LogP contribution in [0.25, 0.3) is 0 Å². The molecule has 1 amide bonds. The molecule has 0 unspecified atom stereocenters. The number of nitrogens with zero attached hydrogens (tertiary/aromatic N) is 2. The molecule has 21 heavy (non-hydrogen) atoms. The number of nitrogens with one attached hydrogen (secondary N) is 1. The first-order valence-electron chi connectivity index (χ1n) is 6.89. The molecule has 1 aliphatic heterocycles. The number of halogens is 1.